The zero-order valence-corrected chi connectivity index (χ0v) is 13.0. The third-order valence-corrected chi connectivity index (χ3v) is 3.94. The van der Waals surface area contributed by atoms with Gasteiger partial charge in [0.2, 0.25) is 5.91 Å². The van der Waals surface area contributed by atoms with Crippen LogP contribution in [0.1, 0.15) is 5.56 Å². The number of nitrogens with one attached hydrogen (secondary N) is 1. The number of ether oxygens (including phenoxy) is 1. The van der Waals surface area contributed by atoms with Crippen molar-refractivity contribution in [3.05, 3.63) is 65.9 Å². The van der Waals surface area contributed by atoms with E-state index in [4.69, 9.17) is 4.74 Å². The maximum absolute atomic E-state index is 13.7. The molecule has 0 atom stereocenters. The molecule has 3 aromatic rings. The minimum atomic E-state index is -0.824. The van der Waals surface area contributed by atoms with E-state index in [0.717, 1.165) is 34.7 Å². The summed E-state index contributed by atoms with van der Waals surface area (Å²) in [7, 11) is 0. The van der Waals surface area contributed by atoms with Crippen LogP contribution >= 0.6 is 0 Å². The Morgan fingerprint density at radius 3 is 2.92 bits per heavy atom. The highest BCUT2D eigenvalue weighted by Crippen LogP contribution is 2.36. The first-order valence-electron chi connectivity index (χ1n) is 7.63. The fourth-order valence-electron chi connectivity index (χ4n) is 2.82. The van der Waals surface area contributed by atoms with Crippen LogP contribution in [-0.4, -0.2) is 15.7 Å². The van der Waals surface area contributed by atoms with Crippen LogP contribution in [0, 0.1) is 11.6 Å². The highest BCUT2D eigenvalue weighted by molar-refractivity contribution is 5.91. The van der Waals surface area contributed by atoms with E-state index in [9.17, 15) is 13.6 Å². The van der Waals surface area contributed by atoms with Gasteiger partial charge in [-0.3, -0.25) is 9.48 Å². The Labute approximate surface area is 141 Å². The first kappa shape index (κ1) is 15.3. The lowest BCUT2D eigenvalue weighted by Crippen LogP contribution is -2.21. The van der Waals surface area contributed by atoms with E-state index in [0.29, 0.717) is 6.61 Å². The Hall–Kier alpha value is -3.22. The number of benzene rings is 2. The summed E-state index contributed by atoms with van der Waals surface area (Å²) in [5.41, 5.74) is 2.45. The van der Waals surface area contributed by atoms with Crippen molar-refractivity contribution in [3.63, 3.8) is 0 Å². The van der Waals surface area contributed by atoms with Gasteiger partial charge in [-0.1, -0.05) is 12.1 Å². The van der Waals surface area contributed by atoms with Crippen LogP contribution in [0.15, 0.2) is 48.7 Å². The molecule has 0 radical (unpaired) electrons. The average molecular weight is 341 g/mol. The number of carbonyl (C=O) groups excluding carboxylic acids is 1. The summed E-state index contributed by atoms with van der Waals surface area (Å²) in [4.78, 5) is 12.3. The van der Waals surface area contributed by atoms with Crippen molar-refractivity contribution < 1.29 is 18.3 Å². The fourth-order valence-corrected chi connectivity index (χ4v) is 2.82. The molecule has 1 aromatic heterocycles. The zero-order valence-electron chi connectivity index (χ0n) is 13.0. The normalized spacial score (nSPS) is 12.1. The molecular weight excluding hydrogens is 328 g/mol. The van der Waals surface area contributed by atoms with E-state index in [1.807, 2.05) is 24.3 Å². The van der Waals surface area contributed by atoms with Gasteiger partial charge < -0.3 is 10.1 Å². The molecule has 126 valence electrons. The maximum Gasteiger partial charge on any atom is 0.246 e. The number of aromatic nitrogens is 2. The van der Waals surface area contributed by atoms with E-state index < -0.39 is 17.5 Å². The van der Waals surface area contributed by atoms with Crippen molar-refractivity contribution in [1.82, 2.24) is 9.78 Å². The summed E-state index contributed by atoms with van der Waals surface area (Å²) in [5, 5.41) is 6.67. The van der Waals surface area contributed by atoms with Gasteiger partial charge in [0.05, 0.1) is 17.6 Å². The molecule has 0 bridgehead atoms. The van der Waals surface area contributed by atoms with Gasteiger partial charge in [-0.2, -0.15) is 5.10 Å². The Morgan fingerprint density at radius 1 is 1.24 bits per heavy atom. The van der Waals surface area contributed by atoms with Crippen LogP contribution in [0.5, 0.6) is 5.75 Å². The molecule has 0 saturated carbocycles. The summed E-state index contributed by atoms with van der Waals surface area (Å²) >= 11 is 0. The SMILES string of the molecule is O=C(Cn1ncc2c1-c1ccccc1OC2)Nc1ccc(F)cc1F. The third kappa shape index (κ3) is 2.84. The van der Waals surface area contributed by atoms with Crippen molar-refractivity contribution in [2.24, 2.45) is 0 Å². The molecule has 1 N–H and O–H groups in total. The first-order chi connectivity index (χ1) is 12.1. The molecule has 5 nitrogen and oxygen atoms in total. The van der Waals surface area contributed by atoms with E-state index in [1.165, 1.54) is 6.07 Å². The van der Waals surface area contributed by atoms with E-state index >= 15 is 0 Å². The summed E-state index contributed by atoms with van der Waals surface area (Å²) in [6.45, 7) is 0.279. The minimum Gasteiger partial charge on any atom is -0.488 e. The molecule has 1 amide bonds. The fraction of sp³-hybridized carbons (Fsp3) is 0.111. The van der Waals surface area contributed by atoms with Crippen LogP contribution in [0.25, 0.3) is 11.3 Å². The zero-order chi connectivity index (χ0) is 17.4. The summed E-state index contributed by atoms with van der Waals surface area (Å²) in [6, 6.07) is 10.5. The van der Waals surface area contributed by atoms with Crippen molar-refractivity contribution >= 4 is 11.6 Å². The minimum absolute atomic E-state index is 0.0730. The van der Waals surface area contributed by atoms with E-state index in [2.05, 4.69) is 10.4 Å². The van der Waals surface area contributed by atoms with Crippen LogP contribution in [0.3, 0.4) is 0 Å². The largest absolute Gasteiger partial charge is 0.488 e. The van der Waals surface area contributed by atoms with Gasteiger partial charge in [-0.25, -0.2) is 8.78 Å². The number of fused-ring (bicyclic) bond motifs is 3. The molecule has 7 heteroatoms. The third-order valence-electron chi connectivity index (χ3n) is 3.94. The highest BCUT2D eigenvalue weighted by Gasteiger charge is 2.23. The molecule has 0 saturated heterocycles. The second-order valence-corrected chi connectivity index (χ2v) is 5.63. The number of nitrogens with zero attached hydrogens (tertiary/aromatic N) is 2. The second kappa shape index (κ2) is 6.01. The maximum atomic E-state index is 13.7. The number of hydrogen-bond donors (Lipinski definition) is 1. The predicted molar refractivity (Wildman–Crippen MR) is 87.0 cm³/mol. The lowest BCUT2D eigenvalue weighted by atomic mass is 10.0. The Morgan fingerprint density at radius 2 is 2.08 bits per heavy atom. The number of halogens is 2. The molecule has 0 aliphatic carbocycles. The van der Waals surface area contributed by atoms with Crippen molar-refractivity contribution in [2.75, 3.05) is 5.32 Å². The van der Waals surface area contributed by atoms with Gasteiger partial charge in [0, 0.05) is 17.2 Å². The molecule has 4 rings (SSSR count). The Kier molecular flexibility index (Phi) is 3.68. The van der Waals surface area contributed by atoms with Crippen molar-refractivity contribution in [1.29, 1.82) is 0 Å². The first-order valence-corrected chi connectivity index (χ1v) is 7.63. The lowest BCUT2D eigenvalue weighted by Gasteiger charge is -2.19. The van der Waals surface area contributed by atoms with Gasteiger partial charge in [0.1, 0.15) is 30.5 Å². The Balaban J connectivity index is 1.59. The second-order valence-electron chi connectivity index (χ2n) is 5.63. The van der Waals surface area contributed by atoms with Crippen molar-refractivity contribution in [3.8, 4) is 17.0 Å². The standard InChI is InChI=1S/C18H13F2N3O2/c19-12-5-6-15(14(20)7-12)22-17(24)9-23-18-11(8-21-23)10-25-16-4-2-1-3-13(16)18/h1-8H,9-10H2,(H,22,24). The van der Waals surface area contributed by atoms with Gasteiger partial charge in [-0.05, 0) is 24.3 Å². The number of anilines is 1. The molecule has 0 unspecified atom stereocenters. The molecule has 2 aromatic carbocycles. The molecule has 1 aliphatic rings. The van der Waals surface area contributed by atoms with Gasteiger partial charge >= 0.3 is 0 Å². The van der Waals surface area contributed by atoms with Crippen LogP contribution < -0.4 is 10.1 Å². The molecule has 0 spiro atoms. The van der Waals surface area contributed by atoms with Gasteiger partial charge in [0.25, 0.3) is 0 Å². The summed E-state index contributed by atoms with van der Waals surface area (Å²) < 4.78 is 33.8. The average Bonchev–Trinajstić information content (AvgIpc) is 3.01. The van der Waals surface area contributed by atoms with Crippen LogP contribution in [-0.2, 0) is 17.9 Å². The van der Waals surface area contributed by atoms with Crippen molar-refractivity contribution in [2.45, 2.75) is 13.2 Å². The number of para-hydroxylation sites is 1. The molecule has 0 fully saturated rings. The smallest absolute Gasteiger partial charge is 0.246 e. The summed E-state index contributed by atoms with van der Waals surface area (Å²) in [6.07, 6.45) is 1.65. The van der Waals surface area contributed by atoms with Crippen LogP contribution in [0.2, 0.25) is 0 Å². The number of amides is 1. The number of hydrogen-bond acceptors (Lipinski definition) is 3. The van der Waals surface area contributed by atoms with E-state index in [1.54, 1.807) is 10.9 Å². The van der Waals surface area contributed by atoms with Crippen LogP contribution in [0.4, 0.5) is 14.5 Å². The van der Waals surface area contributed by atoms with Gasteiger partial charge in [0.15, 0.2) is 0 Å². The number of carbonyl (C=O) groups is 1. The quantitative estimate of drug-likeness (QED) is 0.795. The number of rotatable bonds is 3. The monoisotopic (exact) mass is 341 g/mol. The highest BCUT2D eigenvalue weighted by atomic mass is 19.1. The topological polar surface area (TPSA) is 56.2 Å². The van der Waals surface area contributed by atoms with E-state index in [-0.39, 0.29) is 12.2 Å². The summed E-state index contributed by atoms with van der Waals surface area (Å²) in [5.74, 6) is -1.26. The molecule has 1 aliphatic heterocycles. The Bertz CT molecular complexity index is 969. The molecule has 2 heterocycles. The predicted octanol–water partition coefficient (Wildman–Crippen LogP) is 3.36. The molecule has 25 heavy (non-hydrogen) atoms. The lowest BCUT2D eigenvalue weighted by molar-refractivity contribution is -0.116. The van der Waals surface area contributed by atoms with Gasteiger partial charge in [-0.15, -0.1) is 0 Å². The molecular formula is C18H13F2N3O2.